The summed E-state index contributed by atoms with van der Waals surface area (Å²) in [6.45, 7) is 8.41. The third-order valence-electron chi connectivity index (χ3n) is 5.71. The molecular weight excluding hydrogens is 493 g/mol. The monoisotopic (exact) mass is 531 g/mol. The molecule has 1 aromatic rings. The highest BCUT2D eigenvalue weighted by Crippen LogP contribution is 2.32. The largest absolute Gasteiger partial charge is 0.493 e. The normalized spacial score (nSPS) is 18.2. The van der Waals surface area contributed by atoms with Gasteiger partial charge in [-0.25, -0.2) is 4.99 Å². The highest BCUT2D eigenvalue weighted by molar-refractivity contribution is 14.0. The minimum Gasteiger partial charge on any atom is -0.493 e. The van der Waals surface area contributed by atoms with Gasteiger partial charge in [0, 0.05) is 26.2 Å². The van der Waals surface area contributed by atoms with E-state index in [-0.39, 0.29) is 24.0 Å². The lowest BCUT2D eigenvalue weighted by Crippen LogP contribution is -2.47. The Balaban J connectivity index is 0.00000320. The number of guanidine groups is 1. The quantitative estimate of drug-likeness (QED) is 0.302. The molecule has 0 radical (unpaired) electrons. The average Bonchev–Trinajstić information content (AvgIpc) is 3.26. The van der Waals surface area contributed by atoms with Gasteiger partial charge in [0.1, 0.15) is 0 Å². The van der Waals surface area contributed by atoms with Gasteiger partial charge in [-0.2, -0.15) is 0 Å². The number of nitrogens with zero attached hydrogens (tertiary/aromatic N) is 2. The van der Waals surface area contributed by atoms with Crippen molar-refractivity contribution in [1.29, 1.82) is 0 Å². The summed E-state index contributed by atoms with van der Waals surface area (Å²) < 4.78 is 17.5. The van der Waals surface area contributed by atoms with E-state index in [2.05, 4.69) is 36.2 Å². The first-order valence-corrected chi connectivity index (χ1v) is 11.2. The maximum Gasteiger partial charge on any atom is 0.194 e. The van der Waals surface area contributed by atoms with E-state index in [1.165, 1.54) is 12.8 Å². The lowest BCUT2D eigenvalue weighted by molar-refractivity contribution is 0.0263. The number of rotatable bonds is 8. The summed E-state index contributed by atoms with van der Waals surface area (Å²) in [6, 6.07) is 6.18. The Hall–Kier alpha value is -1.22. The van der Waals surface area contributed by atoms with Gasteiger partial charge in [0.05, 0.1) is 25.9 Å². The van der Waals surface area contributed by atoms with E-state index >= 15 is 0 Å². The zero-order chi connectivity index (χ0) is 20.5. The number of hydrogen-bond donors (Lipinski definition) is 1. The molecule has 0 unspecified atom stereocenters. The van der Waals surface area contributed by atoms with Gasteiger partial charge in [0.2, 0.25) is 0 Å². The first kappa shape index (κ1) is 25.0. The number of methoxy groups -OCH3 is 1. The molecule has 1 aliphatic heterocycles. The lowest BCUT2D eigenvalue weighted by atomic mass is 10.1. The molecule has 1 saturated carbocycles. The summed E-state index contributed by atoms with van der Waals surface area (Å²) in [7, 11) is 1.70. The zero-order valence-corrected chi connectivity index (χ0v) is 21.0. The first-order chi connectivity index (χ1) is 14.2. The molecule has 170 valence electrons. The molecule has 30 heavy (non-hydrogen) atoms. The standard InChI is InChI=1S/C23H37N3O3.HI/c1-4-24-23(26-14-12-19(13-15-26)28-5-2)25-17-18-10-11-21(22(16-18)27-3)29-20-8-6-7-9-20;/h10-11,16,19-20H,4-9,12-15,17H2,1-3H3,(H,24,25);1H. The van der Waals surface area contributed by atoms with E-state index in [1.54, 1.807) is 7.11 Å². The molecule has 0 amide bonds. The summed E-state index contributed by atoms with van der Waals surface area (Å²) in [5.74, 6) is 2.62. The number of aliphatic imine (C=N–C) groups is 1. The number of piperidine rings is 1. The molecule has 1 aliphatic carbocycles. The zero-order valence-electron chi connectivity index (χ0n) is 18.7. The van der Waals surface area contributed by atoms with Gasteiger partial charge in [-0.05, 0) is 70.1 Å². The summed E-state index contributed by atoms with van der Waals surface area (Å²) in [5.41, 5.74) is 1.13. The highest BCUT2D eigenvalue weighted by atomic mass is 127. The number of halogens is 1. The third-order valence-corrected chi connectivity index (χ3v) is 5.71. The van der Waals surface area contributed by atoms with Crippen LogP contribution in [0.15, 0.2) is 23.2 Å². The topological polar surface area (TPSA) is 55.3 Å². The minimum atomic E-state index is 0. The summed E-state index contributed by atoms with van der Waals surface area (Å²) in [4.78, 5) is 7.22. The van der Waals surface area contributed by atoms with Gasteiger partial charge in [-0.15, -0.1) is 24.0 Å². The minimum absolute atomic E-state index is 0. The lowest BCUT2D eigenvalue weighted by Gasteiger charge is -2.34. The number of hydrogen-bond acceptors (Lipinski definition) is 4. The molecule has 6 nitrogen and oxygen atoms in total. The van der Waals surface area contributed by atoms with Crippen molar-refractivity contribution >= 4 is 29.9 Å². The molecule has 0 aromatic heterocycles. The fraction of sp³-hybridized carbons (Fsp3) is 0.696. The molecule has 1 N–H and O–H groups in total. The molecule has 7 heteroatoms. The van der Waals surface area contributed by atoms with Crippen molar-refractivity contribution in [2.45, 2.75) is 71.1 Å². The van der Waals surface area contributed by atoms with E-state index < -0.39 is 0 Å². The van der Waals surface area contributed by atoms with Gasteiger partial charge in [-0.3, -0.25) is 0 Å². The van der Waals surface area contributed by atoms with Crippen LogP contribution in [0.3, 0.4) is 0 Å². The summed E-state index contributed by atoms with van der Waals surface area (Å²) in [6.07, 6.45) is 7.62. The van der Waals surface area contributed by atoms with Crippen molar-refractivity contribution in [3.05, 3.63) is 23.8 Å². The van der Waals surface area contributed by atoms with Crippen LogP contribution in [0.1, 0.15) is 57.9 Å². The van der Waals surface area contributed by atoms with Crippen LogP contribution < -0.4 is 14.8 Å². The number of likely N-dealkylation sites (tertiary alicyclic amines) is 1. The molecule has 0 atom stereocenters. The Labute approximate surface area is 198 Å². The summed E-state index contributed by atoms with van der Waals surface area (Å²) in [5, 5.41) is 3.44. The van der Waals surface area contributed by atoms with E-state index in [1.807, 2.05) is 6.07 Å². The maximum absolute atomic E-state index is 6.15. The van der Waals surface area contributed by atoms with Crippen LogP contribution in [-0.4, -0.2) is 56.4 Å². The third kappa shape index (κ3) is 7.18. The predicted octanol–water partition coefficient (Wildman–Crippen LogP) is 4.60. The first-order valence-electron chi connectivity index (χ1n) is 11.2. The molecule has 0 bridgehead atoms. The fourth-order valence-corrected chi connectivity index (χ4v) is 4.16. The van der Waals surface area contributed by atoms with Crippen LogP contribution in [0.25, 0.3) is 0 Å². The maximum atomic E-state index is 6.15. The van der Waals surface area contributed by atoms with Gasteiger partial charge in [0.15, 0.2) is 17.5 Å². The van der Waals surface area contributed by atoms with Crippen molar-refractivity contribution < 1.29 is 14.2 Å². The van der Waals surface area contributed by atoms with Gasteiger partial charge in [0.25, 0.3) is 0 Å². The van der Waals surface area contributed by atoms with Gasteiger partial charge >= 0.3 is 0 Å². The predicted molar refractivity (Wildman–Crippen MR) is 132 cm³/mol. The Morgan fingerprint density at radius 1 is 1.07 bits per heavy atom. The Morgan fingerprint density at radius 3 is 2.43 bits per heavy atom. The number of benzene rings is 1. The van der Waals surface area contributed by atoms with Crippen LogP contribution in [0, 0.1) is 0 Å². The SMILES string of the molecule is CCNC(=NCc1ccc(OC2CCCC2)c(OC)c1)N1CCC(OCC)CC1.I. The van der Waals surface area contributed by atoms with Gasteiger partial charge in [-0.1, -0.05) is 6.07 Å². The van der Waals surface area contributed by atoms with Crippen LogP contribution >= 0.6 is 24.0 Å². The van der Waals surface area contributed by atoms with Crippen LogP contribution in [0.4, 0.5) is 0 Å². The van der Waals surface area contributed by atoms with Crippen molar-refractivity contribution in [2.24, 2.45) is 4.99 Å². The highest BCUT2D eigenvalue weighted by Gasteiger charge is 2.22. The smallest absolute Gasteiger partial charge is 0.194 e. The molecule has 2 aliphatic rings. The number of ether oxygens (including phenoxy) is 3. The molecule has 1 heterocycles. The summed E-state index contributed by atoms with van der Waals surface area (Å²) >= 11 is 0. The number of nitrogens with one attached hydrogen (secondary N) is 1. The second-order valence-electron chi connectivity index (χ2n) is 7.82. The molecule has 1 aromatic carbocycles. The van der Waals surface area contributed by atoms with Crippen LogP contribution in [0.5, 0.6) is 11.5 Å². The van der Waals surface area contributed by atoms with Crippen molar-refractivity contribution in [1.82, 2.24) is 10.2 Å². The van der Waals surface area contributed by atoms with Gasteiger partial charge < -0.3 is 24.4 Å². The fourth-order valence-electron chi connectivity index (χ4n) is 4.16. The van der Waals surface area contributed by atoms with Crippen molar-refractivity contribution in [3.8, 4) is 11.5 Å². The van der Waals surface area contributed by atoms with Crippen molar-refractivity contribution in [2.75, 3.05) is 33.4 Å². The van der Waals surface area contributed by atoms with Crippen LogP contribution in [-0.2, 0) is 11.3 Å². The van der Waals surface area contributed by atoms with E-state index in [4.69, 9.17) is 19.2 Å². The Kier molecular flexibility index (Phi) is 11.1. The van der Waals surface area contributed by atoms with E-state index in [0.29, 0.717) is 18.8 Å². The van der Waals surface area contributed by atoms with E-state index in [0.717, 1.165) is 74.9 Å². The molecule has 3 rings (SSSR count). The van der Waals surface area contributed by atoms with E-state index in [9.17, 15) is 0 Å². The molecular formula is C23H38IN3O3. The Morgan fingerprint density at radius 2 is 1.80 bits per heavy atom. The average molecular weight is 531 g/mol. The van der Waals surface area contributed by atoms with Crippen molar-refractivity contribution in [3.63, 3.8) is 0 Å². The van der Waals surface area contributed by atoms with Crippen LogP contribution in [0.2, 0.25) is 0 Å². The second-order valence-corrected chi connectivity index (χ2v) is 7.82. The molecule has 2 fully saturated rings. The Bertz CT molecular complexity index is 657. The molecule has 0 spiro atoms. The molecule has 1 saturated heterocycles. The second kappa shape index (κ2) is 13.2.